The van der Waals surface area contributed by atoms with E-state index in [-0.39, 0.29) is 5.91 Å². The number of thiophene rings is 1. The van der Waals surface area contributed by atoms with Crippen LogP contribution in [-0.2, 0) is 6.42 Å². The monoisotopic (exact) mass is 333 g/mol. The fourth-order valence-corrected chi connectivity index (χ4v) is 4.27. The van der Waals surface area contributed by atoms with Crippen molar-refractivity contribution in [1.29, 1.82) is 0 Å². The van der Waals surface area contributed by atoms with Gasteiger partial charge in [-0.15, -0.1) is 11.3 Å². The lowest BCUT2D eigenvalue weighted by Gasteiger charge is -2.16. The zero-order chi connectivity index (χ0) is 15.1. The highest BCUT2D eigenvalue weighted by Crippen LogP contribution is 2.34. The minimum absolute atomic E-state index is 0.101. The van der Waals surface area contributed by atoms with Crippen LogP contribution in [-0.4, -0.2) is 30.5 Å². The largest absolute Gasteiger partial charge is 0.493 e. The Hall–Kier alpha value is -1.52. The maximum atomic E-state index is 12.5. The highest BCUT2D eigenvalue weighted by atomic mass is 35.5. The minimum Gasteiger partial charge on any atom is -0.493 e. The maximum absolute atomic E-state index is 12.5. The number of rotatable bonds is 2. The van der Waals surface area contributed by atoms with Crippen LogP contribution in [0, 0.1) is 0 Å². The van der Waals surface area contributed by atoms with Crippen LogP contribution in [0.15, 0.2) is 30.3 Å². The van der Waals surface area contributed by atoms with E-state index in [0.29, 0.717) is 10.3 Å². The van der Waals surface area contributed by atoms with Gasteiger partial charge in [-0.2, -0.15) is 0 Å². The fraction of sp³-hybridized carbons (Fsp3) is 0.353. The molecule has 2 aliphatic rings. The van der Waals surface area contributed by atoms with Crippen molar-refractivity contribution in [2.75, 3.05) is 19.7 Å². The molecule has 2 aromatic rings. The van der Waals surface area contributed by atoms with Crippen LogP contribution in [0.1, 0.15) is 33.1 Å². The Bertz CT molecular complexity index is 727. The number of carbonyl (C=O) groups is 1. The zero-order valence-electron chi connectivity index (χ0n) is 12.0. The normalized spacial score (nSPS) is 20.0. The highest BCUT2D eigenvalue weighted by molar-refractivity contribution is 7.17. The van der Waals surface area contributed by atoms with Crippen molar-refractivity contribution >= 4 is 28.8 Å². The predicted octanol–water partition coefficient (Wildman–Crippen LogP) is 3.97. The summed E-state index contributed by atoms with van der Waals surface area (Å²) in [5.74, 6) is 1.54. The maximum Gasteiger partial charge on any atom is 0.263 e. The van der Waals surface area contributed by atoms with Gasteiger partial charge in [-0.25, -0.2) is 0 Å². The number of hydrogen-bond donors (Lipinski definition) is 0. The second kappa shape index (κ2) is 5.60. The van der Waals surface area contributed by atoms with Gasteiger partial charge >= 0.3 is 0 Å². The van der Waals surface area contributed by atoms with Gasteiger partial charge in [0.2, 0.25) is 0 Å². The van der Waals surface area contributed by atoms with Crippen molar-refractivity contribution in [2.24, 2.45) is 0 Å². The molecule has 0 radical (unpaired) electrons. The van der Waals surface area contributed by atoms with Crippen LogP contribution >= 0.6 is 22.9 Å². The molecule has 1 aromatic heterocycles. The van der Waals surface area contributed by atoms with Gasteiger partial charge < -0.3 is 9.64 Å². The van der Waals surface area contributed by atoms with Crippen molar-refractivity contribution in [2.45, 2.75) is 18.8 Å². The number of benzene rings is 1. The van der Waals surface area contributed by atoms with E-state index >= 15 is 0 Å². The predicted molar refractivity (Wildman–Crippen MR) is 88.2 cm³/mol. The standard InChI is InChI=1S/C17H16ClNO2S/c18-16-4-3-15(22-16)17(20)19-7-5-13(10-19)11-1-2-14-12(9-11)6-8-21-14/h1-4,9,13H,5-8,10H2/t13-/m0/s1. The molecule has 1 saturated heterocycles. The zero-order valence-corrected chi connectivity index (χ0v) is 13.6. The summed E-state index contributed by atoms with van der Waals surface area (Å²) < 4.78 is 6.22. The molecule has 0 unspecified atom stereocenters. The van der Waals surface area contributed by atoms with Gasteiger partial charge in [-0.3, -0.25) is 4.79 Å². The smallest absolute Gasteiger partial charge is 0.263 e. The topological polar surface area (TPSA) is 29.5 Å². The molecule has 0 N–H and O–H groups in total. The molecule has 114 valence electrons. The Labute approximate surface area is 138 Å². The number of carbonyl (C=O) groups excluding carboxylic acids is 1. The van der Waals surface area contributed by atoms with Gasteiger partial charge in [-0.1, -0.05) is 23.7 Å². The molecule has 22 heavy (non-hydrogen) atoms. The molecule has 1 amide bonds. The molecule has 0 spiro atoms. The number of amides is 1. The number of nitrogens with zero attached hydrogens (tertiary/aromatic N) is 1. The molecule has 1 fully saturated rings. The van der Waals surface area contributed by atoms with Gasteiger partial charge in [-0.05, 0) is 35.7 Å². The molecule has 3 heterocycles. The van der Waals surface area contributed by atoms with Crippen molar-refractivity contribution < 1.29 is 9.53 Å². The lowest BCUT2D eigenvalue weighted by molar-refractivity contribution is 0.0795. The second-order valence-corrected chi connectivity index (χ2v) is 7.52. The van der Waals surface area contributed by atoms with E-state index in [1.165, 1.54) is 22.5 Å². The quantitative estimate of drug-likeness (QED) is 0.832. The Morgan fingerprint density at radius 2 is 2.23 bits per heavy atom. The van der Waals surface area contributed by atoms with Crippen LogP contribution in [0.3, 0.4) is 0 Å². The van der Waals surface area contributed by atoms with Crippen LogP contribution in [0.5, 0.6) is 5.75 Å². The van der Waals surface area contributed by atoms with E-state index in [0.717, 1.165) is 43.2 Å². The van der Waals surface area contributed by atoms with Crippen LogP contribution in [0.2, 0.25) is 4.34 Å². The lowest BCUT2D eigenvalue weighted by atomic mass is 9.96. The lowest BCUT2D eigenvalue weighted by Crippen LogP contribution is -2.27. The third kappa shape index (κ3) is 2.50. The van der Waals surface area contributed by atoms with Gasteiger partial charge in [0.25, 0.3) is 5.91 Å². The third-order valence-corrected chi connectivity index (χ3v) is 5.66. The molecule has 1 atom stereocenters. The molecule has 5 heteroatoms. The van der Waals surface area contributed by atoms with E-state index in [1.54, 1.807) is 6.07 Å². The van der Waals surface area contributed by atoms with E-state index in [2.05, 4.69) is 18.2 Å². The van der Waals surface area contributed by atoms with Gasteiger partial charge in [0.15, 0.2) is 0 Å². The number of ether oxygens (including phenoxy) is 1. The fourth-order valence-electron chi connectivity index (χ4n) is 3.26. The first-order valence-corrected chi connectivity index (χ1v) is 8.70. The number of halogens is 1. The van der Waals surface area contributed by atoms with Gasteiger partial charge in [0, 0.05) is 25.4 Å². The van der Waals surface area contributed by atoms with Crippen molar-refractivity contribution in [3.8, 4) is 5.75 Å². The average molecular weight is 334 g/mol. The molecule has 0 saturated carbocycles. The molecule has 4 rings (SSSR count). The summed E-state index contributed by atoms with van der Waals surface area (Å²) >= 11 is 7.28. The molecule has 0 bridgehead atoms. The van der Waals surface area contributed by atoms with Crippen LogP contribution in [0.4, 0.5) is 0 Å². The van der Waals surface area contributed by atoms with Gasteiger partial charge in [0.1, 0.15) is 5.75 Å². The van der Waals surface area contributed by atoms with E-state index in [1.807, 2.05) is 11.0 Å². The summed E-state index contributed by atoms with van der Waals surface area (Å²) in [5, 5.41) is 0. The first-order valence-electron chi connectivity index (χ1n) is 7.51. The molecule has 0 aliphatic carbocycles. The summed E-state index contributed by atoms with van der Waals surface area (Å²) in [6.45, 7) is 2.38. The Balaban J connectivity index is 1.49. The SMILES string of the molecule is O=C(c1ccc(Cl)s1)N1CC[C@H](c2ccc3c(c2)CCO3)C1. The molecular weight excluding hydrogens is 318 g/mol. The van der Waals surface area contributed by atoms with E-state index in [4.69, 9.17) is 16.3 Å². The Kier molecular flexibility index (Phi) is 3.59. The van der Waals surface area contributed by atoms with Crippen LogP contribution in [0.25, 0.3) is 0 Å². The van der Waals surface area contributed by atoms with E-state index < -0.39 is 0 Å². The molecule has 1 aromatic carbocycles. The number of likely N-dealkylation sites (tertiary alicyclic amines) is 1. The minimum atomic E-state index is 0.101. The summed E-state index contributed by atoms with van der Waals surface area (Å²) in [6.07, 6.45) is 2.01. The molecular formula is C17H16ClNO2S. The Morgan fingerprint density at radius 1 is 1.32 bits per heavy atom. The van der Waals surface area contributed by atoms with E-state index in [9.17, 15) is 4.79 Å². The Morgan fingerprint density at radius 3 is 3.05 bits per heavy atom. The second-order valence-electron chi connectivity index (χ2n) is 5.81. The first kappa shape index (κ1) is 14.1. The first-order chi connectivity index (χ1) is 10.7. The van der Waals surface area contributed by atoms with Crippen molar-refractivity contribution in [3.63, 3.8) is 0 Å². The molecule has 3 nitrogen and oxygen atoms in total. The van der Waals surface area contributed by atoms with Crippen molar-refractivity contribution in [1.82, 2.24) is 4.90 Å². The number of fused-ring (bicyclic) bond motifs is 1. The summed E-state index contributed by atoms with van der Waals surface area (Å²) in [6, 6.07) is 10.1. The summed E-state index contributed by atoms with van der Waals surface area (Å²) in [4.78, 5) is 15.2. The molecule has 2 aliphatic heterocycles. The highest BCUT2D eigenvalue weighted by Gasteiger charge is 2.29. The number of hydrogen-bond acceptors (Lipinski definition) is 3. The van der Waals surface area contributed by atoms with Crippen LogP contribution < -0.4 is 4.74 Å². The van der Waals surface area contributed by atoms with Crippen molar-refractivity contribution in [3.05, 3.63) is 50.7 Å². The third-order valence-electron chi connectivity index (χ3n) is 4.44. The van der Waals surface area contributed by atoms with Gasteiger partial charge in [0.05, 0.1) is 15.8 Å². The summed E-state index contributed by atoms with van der Waals surface area (Å²) in [5.41, 5.74) is 2.62. The average Bonchev–Trinajstić information content (AvgIpc) is 3.25. The summed E-state index contributed by atoms with van der Waals surface area (Å²) in [7, 11) is 0.